The molecule has 0 aliphatic heterocycles. The number of nitrogens with zero attached hydrogens (tertiary/aromatic N) is 3. The molecule has 3 rings (SSSR count). The van der Waals surface area contributed by atoms with E-state index in [0.29, 0.717) is 11.6 Å². The Balaban J connectivity index is 0.00000243. The average Bonchev–Trinajstić information content (AvgIpc) is 2.64. The van der Waals surface area contributed by atoms with Crippen LogP contribution in [-0.4, -0.2) is 15.0 Å². The van der Waals surface area contributed by atoms with Crippen LogP contribution in [0, 0.1) is 5.82 Å². The molecule has 2 aromatic carbocycles. The van der Waals surface area contributed by atoms with Crippen LogP contribution in [0.4, 0.5) is 27.9 Å². The van der Waals surface area contributed by atoms with E-state index in [-0.39, 0.29) is 36.2 Å². The smallest absolute Gasteiger partial charge is 0.243 e. The highest BCUT2D eigenvalue weighted by Gasteiger charge is 2.10. The molecule has 3 aromatic rings. The number of nitrogen functional groups attached to an aromatic ring is 1. The first kappa shape index (κ1) is 19.4. The predicted molar refractivity (Wildman–Crippen MR) is 103 cm³/mol. The Bertz CT molecular complexity index is 830. The summed E-state index contributed by atoms with van der Waals surface area (Å²) in [6.45, 7) is 2.00. The van der Waals surface area contributed by atoms with Crippen molar-refractivity contribution in [1.82, 2.24) is 15.0 Å². The van der Waals surface area contributed by atoms with Gasteiger partial charge in [0, 0.05) is 5.69 Å². The molecule has 0 bridgehead atoms. The molecule has 0 fully saturated rings. The molecule has 0 saturated heterocycles. The van der Waals surface area contributed by atoms with Gasteiger partial charge >= 0.3 is 0 Å². The van der Waals surface area contributed by atoms with Crippen LogP contribution in [0.5, 0.6) is 0 Å². The molecule has 26 heavy (non-hydrogen) atoms. The van der Waals surface area contributed by atoms with Gasteiger partial charge in [0.05, 0.1) is 6.04 Å². The lowest BCUT2D eigenvalue weighted by atomic mass is 10.1. The lowest BCUT2D eigenvalue weighted by molar-refractivity contribution is 0.628. The molecule has 9 heteroatoms. The number of hydrogen-bond donors (Lipinski definition) is 4. The monoisotopic (exact) mass is 375 g/mol. The van der Waals surface area contributed by atoms with Crippen LogP contribution in [0.2, 0.25) is 0 Å². The van der Waals surface area contributed by atoms with Crippen LogP contribution >= 0.6 is 12.4 Å². The fourth-order valence-corrected chi connectivity index (χ4v) is 2.24. The van der Waals surface area contributed by atoms with Crippen LogP contribution < -0.4 is 21.9 Å². The Morgan fingerprint density at radius 3 is 2.15 bits per heavy atom. The topological polar surface area (TPSA) is 101 Å². The molecule has 0 radical (unpaired) electrons. The van der Waals surface area contributed by atoms with Gasteiger partial charge in [-0.25, -0.2) is 10.2 Å². The predicted octanol–water partition coefficient (Wildman–Crippen LogP) is 3.63. The third-order valence-corrected chi connectivity index (χ3v) is 3.51. The summed E-state index contributed by atoms with van der Waals surface area (Å²) in [5.74, 6) is 5.98. The second-order valence-electron chi connectivity index (χ2n) is 5.36. The van der Waals surface area contributed by atoms with E-state index in [4.69, 9.17) is 5.84 Å². The number of hydrogen-bond acceptors (Lipinski definition) is 7. The standard InChI is InChI=1S/C17H18FN7.ClH/c1-11(12-5-3-2-4-6-12)20-15-22-16(24-17(23-15)25-19)21-14-9-7-13(18)8-10-14;/h2-11H,19H2,1H3,(H3,20,21,22,23,24,25);1H. The number of hydrazine groups is 1. The van der Waals surface area contributed by atoms with Crippen LogP contribution in [0.1, 0.15) is 18.5 Å². The van der Waals surface area contributed by atoms with Crippen molar-refractivity contribution in [3.8, 4) is 0 Å². The lowest BCUT2D eigenvalue weighted by Gasteiger charge is -2.15. The molecule has 1 unspecified atom stereocenters. The highest BCUT2D eigenvalue weighted by molar-refractivity contribution is 5.85. The summed E-state index contributed by atoms with van der Waals surface area (Å²) in [5.41, 5.74) is 4.16. The average molecular weight is 376 g/mol. The van der Waals surface area contributed by atoms with Gasteiger partial charge in [0.25, 0.3) is 0 Å². The first-order chi connectivity index (χ1) is 12.1. The maximum Gasteiger partial charge on any atom is 0.243 e. The number of aromatic nitrogens is 3. The summed E-state index contributed by atoms with van der Waals surface area (Å²) >= 11 is 0. The zero-order valence-corrected chi connectivity index (χ0v) is 14.8. The van der Waals surface area contributed by atoms with Crippen LogP contribution in [0.15, 0.2) is 54.6 Å². The fourth-order valence-electron chi connectivity index (χ4n) is 2.24. The fraction of sp³-hybridized carbons (Fsp3) is 0.118. The summed E-state index contributed by atoms with van der Waals surface area (Å²) in [4.78, 5) is 12.7. The number of rotatable bonds is 6. The van der Waals surface area contributed by atoms with Crippen molar-refractivity contribution in [2.75, 3.05) is 16.1 Å². The minimum Gasteiger partial charge on any atom is -0.348 e. The van der Waals surface area contributed by atoms with Crippen molar-refractivity contribution >= 4 is 35.9 Å². The summed E-state index contributed by atoms with van der Waals surface area (Å²) < 4.78 is 13.0. The summed E-state index contributed by atoms with van der Waals surface area (Å²) in [6.07, 6.45) is 0. The van der Waals surface area contributed by atoms with Crippen LogP contribution in [0.25, 0.3) is 0 Å². The van der Waals surface area contributed by atoms with E-state index < -0.39 is 0 Å². The first-order valence-corrected chi connectivity index (χ1v) is 7.71. The van der Waals surface area contributed by atoms with Crippen molar-refractivity contribution in [3.63, 3.8) is 0 Å². The maximum atomic E-state index is 13.0. The van der Waals surface area contributed by atoms with E-state index in [2.05, 4.69) is 31.0 Å². The minimum absolute atomic E-state index is 0. The second-order valence-corrected chi connectivity index (χ2v) is 5.36. The third kappa shape index (κ3) is 5.01. The van der Waals surface area contributed by atoms with Crippen LogP contribution in [-0.2, 0) is 0 Å². The Morgan fingerprint density at radius 1 is 0.885 bits per heavy atom. The molecule has 1 atom stereocenters. The van der Waals surface area contributed by atoms with Gasteiger partial charge in [-0.1, -0.05) is 30.3 Å². The van der Waals surface area contributed by atoms with Gasteiger partial charge < -0.3 is 10.6 Å². The van der Waals surface area contributed by atoms with Crippen LogP contribution in [0.3, 0.4) is 0 Å². The van der Waals surface area contributed by atoms with Crippen molar-refractivity contribution in [3.05, 3.63) is 66.0 Å². The Labute approximate surface area is 156 Å². The molecule has 136 valence electrons. The SMILES string of the molecule is CC(Nc1nc(NN)nc(Nc2ccc(F)cc2)n1)c1ccccc1.Cl. The molecular formula is C17H19ClFN7. The number of nitrogens with one attached hydrogen (secondary N) is 3. The van der Waals surface area contributed by atoms with Gasteiger partial charge in [-0.15, -0.1) is 12.4 Å². The van der Waals surface area contributed by atoms with Gasteiger partial charge in [0.1, 0.15) is 5.82 Å². The van der Waals surface area contributed by atoms with E-state index >= 15 is 0 Å². The quantitative estimate of drug-likeness (QED) is 0.385. The molecule has 5 N–H and O–H groups in total. The van der Waals surface area contributed by atoms with Gasteiger partial charge in [-0.2, -0.15) is 15.0 Å². The van der Waals surface area contributed by atoms with Gasteiger partial charge in [0.2, 0.25) is 17.8 Å². The second kappa shape index (κ2) is 8.93. The van der Waals surface area contributed by atoms with Crippen molar-refractivity contribution in [2.24, 2.45) is 5.84 Å². The van der Waals surface area contributed by atoms with Crippen molar-refractivity contribution < 1.29 is 4.39 Å². The Morgan fingerprint density at radius 2 is 1.50 bits per heavy atom. The van der Waals surface area contributed by atoms with E-state index in [9.17, 15) is 4.39 Å². The highest BCUT2D eigenvalue weighted by Crippen LogP contribution is 2.20. The van der Waals surface area contributed by atoms with E-state index in [1.165, 1.54) is 12.1 Å². The molecule has 0 aliphatic rings. The molecule has 7 nitrogen and oxygen atoms in total. The lowest BCUT2D eigenvalue weighted by Crippen LogP contribution is -2.16. The number of halogens is 2. The first-order valence-electron chi connectivity index (χ1n) is 7.71. The maximum absolute atomic E-state index is 13.0. The number of nitrogens with two attached hydrogens (primary N) is 1. The Hall–Kier alpha value is -2.97. The van der Waals surface area contributed by atoms with Crippen molar-refractivity contribution in [2.45, 2.75) is 13.0 Å². The van der Waals surface area contributed by atoms with E-state index in [1.807, 2.05) is 37.3 Å². The summed E-state index contributed by atoms with van der Waals surface area (Å²) in [6, 6.07) is 15.8. The molecule has 0 spiro atoms. The molecular weight excluding hydrogens is 357 g/mol. The van der Waals surface area contributed by atoms with E-state index in [0.717, 1.165) is 5.56 Å². The van der Waals surface area contributed by atoms with E-state index in [1.54, 1.807) is 12.1 Å². The molecule has 0 aliphatic carbocycles. The summed E-state index contributed by atoms with van der Waals surface area (Å²) in [5, 5.41) is 6.21. The van der Waals surface area contributed by atoms with Gasteiger partial charge in [0.15, 0.2) is 0 Å². The third-order valence-electron chi connectivity index (χ3n) is 3.51. The number of anilines is 4. The largest absolute Gasteiger partial charge is 0.348 e. The summed E-state index contributed by atoms with van der Waals surface area (Å²) in [7, 11) is 0. The van der Waals surface area contributed by atoms with Gasteiger partial charge in [-0.05, 0) is 36.8 Å². The molecule has 0 amide bonds. The van der Waals surface area contributed by atoms with Gasteiger partial charge in [-0.3, -0.25) is 5.43 Å². The Kier molecular flexibility index (Phi) is 6.65. The molecule has 1 aromatic heterocycles. The minimum atomic E-state index is -0.315. The molecule has 1 heterocycles. The zero-order chi connectivity index (χ0) is 17.6. The normalized spacial score (nSPS) is 11.2. The highest BCUT2D eigenvalue weighted by atomic mass is 35.5. The van der Waals surface area contributed by atoms with Crippen molar-refractivity contribution in [1.29, 1.82) is 0 Å². The zero-order valence-electron chi connectivity index (χ0n) is 14.0. The number of benzene rings is 2. The molecule has 0 saturated carbocycles.